The third-order valence-electron chi connectivity index (χ3n) is 4.79. The van der Waals surface area contributed by atoms with Gasteiger partial charge in [-0.1, -0.05) is 48.5 Å². The van der Waals surface area contributed by atoms with Gasteiger partial charge in [0.1, 0.15) is 0 Å². The standard InChI is InChI=1S/C22H23N3OS/c26-22(23-14-15-27-16-17-8-3-1-4-9-17)21-19-12-7-13-20(19)25(24-21)18-10-5-2-6-11-18/h1-6,8-11H,7,12-16H2,(H,23,26). The zero-order valence-electron chi connectivity index (χ0n) is 15.2. The highest BCUT2D eigenvalue weighted by atomic mass is 32.2. The van der Waals surface area contributed by atoms with Crippen LogP contribution in [0.1, 0.15) is 33.7 Å². The van der Waals surface area contributed by atoms with Gasteiger partial charge < -0.3 is 5.32 Å². The molecule has 0 spiro atoms. The number of benzene rings is 2. The molecule has 0 atom stereocenters. The van der Waals surface area contributed by atoms with E-state index in [1.54, 1.807) is 0 Å². The first kappa shape index (κ1) is 17.9. The van der Waals surface area contributed by atoms with Crippen molar-refractivity contribution in [2.75, 3.05) is 12.3 Å². The molecule has 5 heteroatoms. The topological polar surface area (TPSA) is 46.9 Å². The van der Waals surface area contributed by atoms with Gasteiger partial charge in [0.05, 0.1) is 5.69 Å². The van der Waals surface area contributed by atoms with Gasteiger partial charge in [-0.2, -0.15) is 16.9 Å². The highest BCUT2D eigenvalue weighted by molar-refractivity contribution is 7.98. The van der Waals surface area contributed by atoms with Gasteiger partial charge in [-0.3, -0.25) is 4.79 Å². The molecule has 2 aromatic carbocycles. The molecule has 1 aliphatic carbocycles. The Morgan fingerprint density at radius 1 is 1.04 bits per heavy atom. The van der Waals surface area contributed by atoms with Crippen LogP contribution in [0.3, 0.4) is 0 Å². The van der Waals surface area contributed by atoms with Crippen molar-refractivity contribution in [1.29, 1.82) is 0 Å². The van der Waals surface area contributed by atoms with E-state index in [1.807, 2.05) is 52.8 Å². The highest BCUT2D eigenvalue weighted by Crippen LogP contribution is 2.27. The average Bonchev–Trinajstić information content (AvgIpc) is 3.32. The van der Waals surface area contributed by atoms with Gasteiger partial charge in [-0.15, -0.1) is 0 Å². The number of carbonyl (C=O) groups is 1. The summed E-state index contributed by atoms with van der Waals surface area (Å²) in [7, 11) is 0. The molecule has 1 N–H and O–H groups in total. The quantitative estimate of drug-likeness (QED) is 0.633. The first-order chi connectivity index (χ1) is 13.3. The molecule has 1 aliphatic rings. The normalized spacial score (nSPS) is 12.7. The number of nitrogens with one attached hydrogen (secondary N) is 1. The summed E-state index contributed by atoms with van der Waals surface area (Å²) >= 11 is 1.83. The van der Waals surface area contributed by atoms with Gasteiger partial charge in [0.2, 0.25) is 0 Å². The van der Waals surface area contributed by atoms with E-state index in [4.69, 9.17) is 0 Å². The number of amides is 1. The third kappa shape index (κ3) is 4.08. The number of para-hydroxylation sites is 1. The van der Waals surface area contributed by atoms with E-state index in [0.29, 0.717) is 12.2 Å². The maximum Gasteiger partial charge on any atom is 0.272 e. The van der Waals surface area contributed by atoms with E-state index in [-0.39, 0.29) is 5.91 Å². The summed E-state index contributed by atoms with van der Waals surface area (Å²) in [6.45, 7) is 0.656. The molecule has 138 valence electrons. The lowest BCUT2D eigenvalue weighted by molar-refractivity contribution is 0.0950. The van der Waals surface area contributed by atoms with Gasteiger partial charge in [-0.05, 0) is 37.0 Å². The number of rotatable bonds is 7. The van der Waals surface area contributed by atoms with Crippen LogP contribution in [0.5, 0.6) is 0 Å². The number of hydrogen-bond donors (Lipinski definition) is 1. The molecule has 0 radical (unpaired) electrons. The molecule has 4 nitrogen and oxygen atoms in total. The number of fused-ring (bicyclic) bond motifs is 1. The summed E-state index contributed by atoms with van der Waals surface area (Å²) < 4.78 is 1.95. The monoisotopic (exact) mass is 377 g/mol. The van der Waals surface area contributed by atoms with E-state index in [0.717, 1.165) is 42.0 Å². The second kappa shape index (κ2) is 8.44. The molecule has 1 amide bonds. The SMILES string of the molecule is O=C(NCCSCc1ccccc1)c1nn(-c2ccccc2)c2c1CCC2. The molecule has 0 bridgehead atoms. The Labute approximate surface area is 164 Å². The molecular weight excluding hydrogens is 354 g/mol. The van der Waals surface area contributed by atoms with Crippen LogP contribution in [0.4, 0.5) is 0 Å². The van der Waals surface area contributed by atoms with Gasteiger partial charge in [0.25, 0.3) is 5.91 Å². The Hall–Kier alpha value is -2.53. The van der Waals surface area contributed by atoms with Crippen molar-refractivity contribution in [2.24, 2.45) is 0 Å². The van der Waals surface area contributed by atoms with Crippen LogP contribution in [0, 0.1) is 0 Å². The lowest BCUT2D eigenvalue weighted by atomic mass is 10.2. The maximum absolute atomic E-state index is 12.7. The van der Waals surface area contributed by atoms with Crippen molar-refractivity contribution in [3.63, 3.8) is 0 Å². The average molecular weight is 378 g/mol. The third-order valence-corrected chi connectivity index (χ3v) is 5.82. The minimum Gasteiger partial charge on any atom is -0.350 e. The molecule has 0 aliphatic heterocycles. The summed E-state index contributed by atoms with van der Waals surface area (Å²) in [5, 5.41) is 7.69. The molecular formula is C22H23N3OS. The van der Waals surface area contributed by atoms with Crippen LogP contribution in [0.25, 0.3) is 5.69 Å². The number of carbonyl (C=O) groups excluding carboxylic acids is 1. The lowest BCUT2D eigenvalue weighted by Crippen LogP contribution is -2.27. The Kier molecular flexibility index (Phi) is 5.58. The molecule has 3 aromatic rings. The largest absolute Gasteiger partial charge is 0.350 e. The summed E-state index contributed by atoms with van der Waals surface area (Å²) in [4.78, 5) is 12.7. The van der Waals surface area contributed by atoms with Crippen LogP contribution in [-0.2, 0) is 18.6 Å². The predicted octanol–water partition coefficient (Wildman–Crippen LogP) is 4.02. The molecule has 0 saturated heterocycles. The first-order valence-corrected chi connectivity index (χ1v) is 10.5. The second-order valence-electron chi connectivity index (χ2n) is 6.67. The van der Waals surface area contributed by atoms with E-state index >= 15 is 0 Å². The predicted molar refractivity (Wildman–Crippen MR) is 111 cm³/mol. The fraction of sp³-hybridized carbons (Fsp3) is 0.273. The van der Waals surface area contributed by atoms with Gasteiger partial charge in [0, 0.05) is 29.3 Å². The lowest BCUT2D eigenvalue weighted by Gasteiger charge is -2.05. The van der Waals surface area contributed by atoms with Crippen molar-refractivity contribution in [1.82, 2.24) is 15.1 Å². The van der Waals surface area contributed by atoms with E-state index in [1.165, 1.54) is 11.3 Å². The zero-order valence-corrected chi connectivity index (χ0v) is 16.0. The first-order valence-electron chi connectivity index (χ1n) is 9.39. The van der Waals surface area contributed by atoms with Crippen molar-refractivity contribution in [3.8, 4) is 5.69 Å². The summed E-state index contributed by atoms with van der Waals surface area (Å²) in [5.74, 6) is 1.81. The van der Waals surface area contributed by atoms with Crippen LogP contribution < -0.4 is 5.32 Å². The fourth-order valence-electron chi connectivity index (χ4n) is 3.49. The Morgan fingerprint density at radius 2 is 1.78 bits per heavy atom. The van der Waals surface area contributed by atoms with Crippen molar-refractivity contribution >= 4 is 17.7 Å². The van der Waals surface area contributed by atoms with Crippen molar-refractivity contribution < 1.29 is 4.79 Å². The Morgan fingerprint density at radius 3 is 2.56 bits per heavy atom. The Balaban J connectivity index is 1.36. The summed E-state index contributed by atoms with van der Waals surface area (Å²) in [6, 6.07) is 20.5. The van der Waals surface area contributed by atoms with Gasteiger partial charge in [-0.25, -0.2) is 4.68 Å². The molecule has 0 fully saturated rings. The van der Waals surface area contributed by atoms with Crippen LogP contribution >= 0.6 is 11.8 Å². The Bertz CT molecular complexity index is 906. The number of nitrogens with zero attached hydrogens (tertiary/aromatic N) is 2. The smallest absolute Gasteiger partial charge is 0.272 e. The highest BCUT2D eigenvalue weighted by Gasteiger charge is 2.26. The number of thioether (sulfide) groups is 1. The molecule has 4 rings (SSSR count). The van der Waals surface area contributed by atoms with E-state index in [9.17, 15) is 4.79 Å². The van der Waals surface area contributed by atoms with Crippen molar-refractivity contribution in [2.45, 2.75) is 25.0 Å². The minimum absolute atomic E-state index is 0.0526. The zero-order chi connectivity index (χ0) is 18.5. The number of hydrogen-bond acceptors (Lipinski definition) is 3. The van der Waals surface area contributed by atoms with Crippen LogP contribution in [-0.4, -0.2) is 28.0 Å². The molecule has 1 heterocycles. The van der Waals surface area contributed by atoms with Crippen molar-refractivity contribution in [3.05, 3.63) is 83.2 Å². The molecule has 0 unspecified atom stereocenters. The molecule has 1 aromatic heterocycles. The van der Waals surface area contributed by atoms with Crippen LogP contribution in [0.15, 0.2) is 60.7 Å². The molecule has 27 heavy (non-hydrogen) atoms. The minimum atomic E-state index is -0.0526. The van der Waals surface area contributed by atoms with Gasteiger partial charge in [0.15, 0.2) is 5.69 Å². The second-order valence-corrected chi connectivity index (χ2v) is 7.77. The number of aromatic nitrogens is 2. The maximum atomic E-state index is 12.7. The summed E-state index contributed by atoms with van der Waals surface area (Å²) in [6.07, 6.45) is 3.01. The fourth-order valence-corrected chi connectivity index (χ4v) is 4.31. The van der Waals surface area contributed by atoms with E-state index in [2.05, 4.69) is 34.7 Å². The molecule has 0 saturated carbocycles. The van der Waals surface area contributed by atoms with E-state index < -0.39 is 0 Å². The van der Waals surface area contributed by atoms with Gasteiger partial charge >= 0.3 is 0 Å². The summed E-state index contributed by atoms with van der Waals surface area (Å²) in [5.41, 5.74) is 5.24. The van der Waals surface area contributed by atoms with Crippen LogP contribution in [0.2, 0.25) is 0 Å².